The maximum atomic E-state index is 11.7. The summed E-state index contributed by atoms with van der Waals surface area (Å²) in [6.07, 6.45) is 3.22. The van der Waals surface area contributed by atoms with Gasteiger partial charge in [-0.1, -0.05) is 23.8 Å². The highest BCUT2D eigenvalue weighted by atomic mass is 32.2. The molecule has 0 spiro atoms. The fraction of sp³-hybridized carbons (Fsp3) is 0.400. The Hall–Kier alpha value is -1.82. The molecule has 0 radical (unpaired) electrons. The highest BCUT2D eigenvalue weighted by Gasteiger charge is 2.05. The Kier molecular flexibility index (Phi) is 6.42. The van der Waals surface area contributed by atoms with Gasteiger partial charge in [-0.3, -0.25) is 4.79 Å². The highest BCUT2D eigenvalue weighted by molar-refractivity contribution is 7.90. The van der Waals surface area contributed by atoms with E-state index in [4.69, 9.17) is 4.74 Å². The van der Waals surface area contributed by atoms with Crippen molar-refractivity contribution in [1.82, 2.24) is 5.32 Å². The van der Waals surface area contributed by atoms with Crippen LogP contribution in [-0.2, 0) is 21.1 Å². The van der Waals surface area contributed by atoms with Gasteiger partial charge in [0, 0.05) is 18.9 Å². The predicted molar refractivity (Wildman–Crippen MR) is 83.2 cm³/mol. The van der Waals surface area contributed by atoms with Crippen LogP contribution in [0.1, 0.15) is 12.5 Å². The van der Waals surface area contributed by atoms with Crippen molar-refractivity contribution < 1.29 is 17.9 Å². The van der Waals surface area contributed by atoms with E-state index >= 15 is 0 Å². The zero-order valence-electron chi connectivity index (χ0n) is 12.5. The number of para-hydroxylation sites is 1. The van der Waals surface area contributed by atoms with Crippen LogP contribution in [0.25, 0.3) is 0 Å². The molecule has 5 nitrogen and oxygen atoms in total. The largest absolute Gasteiger partial charge is 0.496 e. The first-order valence-corrected chi connectivity index (χ1v) is 8.62. The maximum absolute atomic E-state index is 11.7. The maximum Gasteiger partial charge on any atom is 0.243 e. The molecule has 0 saturated carbocycles. The summed E-state index contributed by atoms with van der Waals surface area (Å²) in [5.41, 5.74) is 1.87. The standard InChI is InChI=1S/C15H21NO4S/c1-12(10-13-6-4-5-7-14(13)20-2)11-15(17)16-8-9-21(3,18)19/h4-7,11H,8-10H2,1-3H3,(H,16,17)/b12-11+. The second-order valence-electron chi connectivity index (χ2n) is 4.90. The molecule has 0 aliphatic heterocycles. The number of benzene rings is 1. The summed E-state index contributed by atoms with van der Waals surface area (Å²) in [6.45, 7) is 1.97. The van der Waals surface area contributed by atoms with Gasteiger partial charge in [0.1, 0.15) is 15.6 Å². The van der Waals surface area contributed by atoms with E-state index in [1.54, 1.807) is 7.11 Å². The van der Waals surface area contributed by atoms with Gasteiger partial charge in [0.2, 0.25) is 5.91 Å². The molecule has 1 aromatic rings. The van der Waals surface area contributed by atoms with E-state index in [0.29, 0.717) is 6.42 Å². The number of amides is 1. The summed E-state index contributed by atoms with van der Waals surface area (Å²) in [5.74, 6) is 0.437. The van der Waals surface area contributed by atoms with Crippen LogP contribution < -0.4 is 10.1 Å². The Morgan fingerprint density at radius 3 is 2.62 bits per heavy atom. The Balaban J connectivity index is 2.58. The number of hydrogen-bond acceptors (Lipinski definition) is 4. The number of sulfone groups is 1. The molecule has 1 amide bonds. The number of carbonyl (C=O) groups is 1. The molecule has 0 atom stereocenters. The van der Waals surface area contributed by atoms with E-state index in [9.17, 15) is 13.2 Å². The zero-order chi connectivity index (χ0) is 15.9. The topological polar surface area (TPSA) is 72.5 Å². The number of hydrogen-bond donors (Lipinski definition) is 1. The van der Waals surface area contributed by atoms with Crippen LogP contribution >= 0.6 is 0 Å². The number of methoxy groups -OCH3 is 1. The van der Waals surface area contributed by atoms with Crippen LogP contribution in [0.4, 0.5) is 0 Å². The molecule has 0 saturated heterocycles. The summed E-state index contributed by atoms with van der Waals surface area (Å²) in [7, 11) is -1.45. The van der Waals surface area contributed by atoms with Crippen LogP contribution in [0.5, 0.6) is 5.75 Å². The normalized spacial score (nSPS) is 12.0. The van der Waals surface area contributed by atoms with E-state index in [-0.39, 0.29) is 18.2 Å². The van der Waals surface area contributed by atoms with Gasteiger partial charge in [0.15, 0.2) is 0 Å². The minimum absolute atomic E-state index is 0.0574. The number of rotatable bonds is 7. The van der Waals surface area contributed by atoms with Gasteiger partial charge in [0.05, 0.1) is 12.9 Å². The molecule has 0 aliphatic rings. The SMILES string of the molecule is COc1ccccc1C/C(C)=C/C(=O)NCCS(C)(=O)=O. The van der Waals surface area contributed by atoms with Crippen molar-refractivity contribution in [3.63, 3.8) is 0 Å². The first kappa shape index (κ1) is 17.2. The third-order valence-electron chi connectivity index (χ3n) is 2.81. The van der Waals surface area contributed by atoms with Crippen LogP contribution in [0.3, 0.4) is 0 Å². The summed E-state index contributed by atoms with van der Waals surface area (Å²) in [4.78, 5) is 11.7. The van der Waals surface area contributed by atoms with Crippen LogP contribution in [-0.4, -0.2) is 40.0 Å². The van der Waals surface area contributed by atoms with Gasteiger partial charge in [-0.15, -0.1) is 0 Å². The van der Waals surface area contributed by atoms with Gasteiger partial charge in [-0.2, -0.15) is 0 Å². The molecule has 0 aliphatic carbocycles. The monoisotopic (exact) mass is 311 g/mol. The molecule has 1 rings (SSSR count). The van der Waals surface area contributed by atoms with Gasteiger partial charge < -0.3 is 10.1 Å². The van der Waals surface area contributed by atoms with Gasteiger partial charge in [-0.05, 0) is 25.0 Å². The highest BCUT2D eigenvalue weighted by Crippen LogP contribution is 2.20. The number of carbonyl (C=O) groups excluding carboxylic acids is 1. The molecule has 1 aromatic carbocycles. The molecule has 0 unspecified atom stereocenters. The lowest BCUT2D eigenvalue weighted by atomic mass is 10.1. The Morgan fingerprint density at radius 2 is 2.00 bits per heavy atom. The van der Waals surface area contributed by atoms with E-state index < -0.39 is 9.84 Å². The number of nitrogens with one attached hydrogen (secondary N) is 1. The third-order valence-corrected chi connectivity index (χ3v) is 3.76. The summed E-state index contributed by atoms with van der Waals surface area (Å²) in [6, 6.07) is 7.61. The fourth-order valence-electron chi connectivity index (χ4n) is 1.83. The second kappa shape index (κ2) is 7.83. The smallest absolute Gasteiger partial charge is 0.243 e. The molecule has 1 N–H and O–H groups in total. The third kappa shape index (κ3) is 6.94. The van der Waals surface area contributed by atoms with Gasteiger partial charge in [0.25, 0.3) is 0 Å². The van der Waals surface area contributed by atoms with E-state index in [1.165, 1.54) is 6.08 Å². The van der Waals surface area contributed by atoms with Crippen molar-refractivity contribution in [3.05, 3.63) is 41.5 Å². The van der Waals surface area contributed by atoms with Crippen molar-refractivity contribution in [3.8, 4) is 5.75 Å². The Bertz CT molecular complexity index is 620. The van der Waals surface area contributed by atoms with Crippen LogP contribution in [0.2, 0.25) is 0 Å². The van der Waals surface area contributed by atoms with Crippen LogP contribution in [0.15, 0.2) is 35.9 Å². The van der Waals surface area contributed by atoms with Crippen molar-refractivity contribution in [2.24, 2.45) is 0 Å². The summed E-state index contributed by atoms with van der Waals surface area (Å²) in [5, 5.41) is 2.56. The lowest BCUT2D eigenvalue weighted by Gasteiger charge is -2.08. The average molecular weight is 311 g/mol. The molecule has 116 valence electrons. The van der Waals surface area contributed by atoms with E-state index in [0.717, 1.165) is 23.1 Å². The van der Waals surface area contributed by atoms with Gasteiger partial charge in [-0.25, -0.2) is 8.42 Å². The second-order valence-corrected chi connectivity index (χ2v) is 7.16. The predicted octanol–water partition coefficient (Wildman–Crippen LogP) is 1.34. The first-order chi connectivity index (χ1) is 9.81. The van der Waals surface area contributed by atoms with E-state index in [2.05, 4.69) is 5.32 Å². The molecular formula is C15H21NO4S. The lowest BCUT2D eigenvalue weighted by Crippen LogP contribution is -2.27. The molecule has 0 heterocycles. The van der Waals surface area contributed by atoms with Crippen LogP contribution in [0, 0.1) is 0 Å². The quantitative estimate of drug-likeness (QED) is 0.771. The zero-order valence-corrected chi connectivity index (χ0v) is 13.4. The summed E-state index contributed by atoms with van der Waals surface area (Å²) >= 11 is 0. The van der Waals surface area contributed by atoms with Crippen molar-refractivity contribution in [1.29, 1.82) is 0 Å². The van der Waals surface area contributed by atoms with Crippen molar-refractivity contribution >= 4 is 15.7 Å². The first-order valence-electron chi connectivity index (χ1n) is 6.56. The lowest BCUT2D eigenvalue weighted by molar-refractivity contribution is -0.116. The average Bonchev–Trinajstić information content (AvgIpc) is 2.37. The molecule has 0 aromatic heterocycles. The number of ether oxygens (including phenoxy) is 1. The Labute approximate surface area is 125 Å². The molecule has 6 heteroatoms. The van der Waals surface area contributed by atoms with Gasteiger partial charge >= 0.3 is 0 Å². The minimum atomic E-state index is -3.06. The molecule has 0 bridgehead atoms. The molecule has 21 heavy (non-hydrogen) atoms. The van der Waals surface area contributed by atoms with Crippen molar-refractivity contribution in [2.45, 2.75) is 13.3 Å². The Morgan fingerprint density at radius 1 is 1.33 bits per heavy atom. The molecule has 0 fully saturated rings. The molecular weight excluding hydrogens is 290 g/mol. The number of allylic oxidation sites excluding steroid dienone is 1. The summed E-state index contributed by atoms with van der Waals surface area (Å²) < 4.78 is 27.2. The fourth-order valence-corrected chi connectivity index (χ4v) is 2.31. The minimum Gasteiger partial charge on any atom is -0.496 e. The van der Waals surface area contributed by atoms with Crippen molar-refractivity contribution in [2.75, 3.05) is 25.7 Å². The van der Waals surface area contributed by atoms with E-state index in [1.807, 2.05) is 31.2 Å².